The average Bonchev–Trinajstić information content (AvgIpc) is 1.82. The van der Waals surface area contributed by atoms with Crippen molar-refractivity contribution in [1.29, 1.82) is 0 Å². The Morgan fingerprint density at radius 1 is 1.46 bits per heavy atom. The van der Waals surface area contributed by atoms with Gasteiger partial charge in [0.2, 0.25) is 10.0 Å². The lowest BCUT2D eigenvalue weighted by Gasteiger charge is -2.15. The van der Waals surface area contributed by atoms with E-state index in [-0.39, 0.29) is 12.5 Å². The van der Waals surface area contributed by atoms with Crippen LogP contribution in [0.15, 0.2) is 0 Å². The molecule has 0 aliphatic heterocycles. The van der Waals surface area contributed by atoms with E-state index in [0.29, 0.717) is 0 Å². The molecule has 0 aromatic heterocycles. The van der Waals surface area contributed by atoms with Gasteiger partial charge in [0.25, 0.3) is 0 Å². The van der Waals surface area contributed by atoms with E-state index in [1.165, 1.54) is 0 Å². The minimum absolute atomic E-state index is 0.0498. The molecule has 0 saturated carbocycles. The second-order valence-electron chi connectivity index (χ2n) is 3.31. The van der Waals surface area contributed by atoms with Gasteiger partial charge in [-0.1, -0.05) is 13.8 Å². The number of hydrogen-bond donors (Lipinski definition) is 2. The number of carboxylic acid groups (broad SMARTS) is 1. The quantitative estimate of drug-likeness (QED) is 0.662. The van der Waals surface area contributed by atoms with E-state index >= 15 is 0 Å². The van der Waals surface area contributed by atoms with Crippen LogP contribution < -0.4 is 4.72 Å². The van der Waals surface area contributed by atoms with E-state index in [1.807, 2.05) is 0 Å². The van der Waals surface area contributed by atoms with Gasteiger partial charge in [-0.25, -0.2) is 13.1 Å². The molecule has 6 heteroatoms. The Morgan fingerprint density at radius 3 is 2.15 bits per heavy atom. The zero-order valence-corrected chi connectivity index (χ0v) is 8.76. The third-order valence-electron chi connectivity index (χ3n) is 1.69. The van der Waals surface area contributed by atoms with Crippen molar-refractivity contribution in [2.75, 3.05) is 12.8 Å². The van der Waals surface area contributed by atoms with Gasteiger partial charge in [0.05, 0.1) is 12.2 Å². The van der Waals surface area contributed by atoms with Crippen LogP contribution in [-0.2, 0) is 14.8 Å². The highest BCUT2D eigenvalue weighted by atomic mass is 32.2. The zero-order valence-electron chi connectivity index (χ0n) is 7.94. The minimum atomic E-state index is -3.30. The van der Waals surface area contributed by atoms with E-state index in [1.54, 1.807) is 13.8 Å². The standard InChI is InChI=1S/C7H15NO4S/c1-5(2)6(7(9)10)4-8-13(3,11)12/h5-6,8H,4H2,1-3H3,(H,9,10). The lowest BCUT2D eigenvalue weighted by molar-refractivity contribution is -0.142. The third kappa shape index (κ3) is 5.59. The van der Waals surface area contributed by atoms with Crippen LogP contribution in [0.4, 0.5) is 0 Å². The number of hydrogen-bond acceptors (Lipinski definition) is 3. The Morgan fingerprint density at radius 2 is 1.92 bits per heavy atom. The predicted octanol–water partition coefficient (Wildman–Crippen LogP) is -0.108. The monoisotopic (exact) mass is 209 g/mol. The van der Waals surface area contributed by atoms with Crippen molar-refractivity contribution < 1.29 is 18.3 Å². The highest BCUT2D eigenvalue weighted by molar-refractivity contribution is 7.88. The van der Waals surface area contributed by atoms with Crippen molar-refractivity contribution in [2.45, 2.75) is 13.8 Å². The summed E-state index contributed by atoms with van der Waals surface area (Å²) in [5.74, 6) is -1.74. The van der Waals surface area contributed by atoms with Crippen LogP contribution in [0.25, 0.3) is 0 Å². The van der Waals surface area contributed by atoms with Gasteiger partial charge in [-0.05, 0) is 5.92 Å². The molecular formula is C7H15NO4S. The number of carbonyl (C=O) groups is 1. The van der Waals surface area contributed by atoms with Crippen LogP contribution in [0, 0.1) is 11.8 Å². The Balaban J connectivity index is 4.22. The fourth-order valence-corrected chi connectivity index (χ4v) is 1.33. The Hall–Kier alpha value is -0.620. The van der Waals surface area contributed by atoms with Gasteiger partial charge in [-0.2, -0.15) is 0 Å². The summed E-state index contributed by atoms with van der Waals surface area (Å²) in [5, 5.41) is 8.71. The summed E-state index contributed by atoms with van der Waals surface area (Å²) >= 11 is 0. The zero-order chi connectivity index (χ0) is 10.6. The first kappa shape index (κ1) is 12.4. The van der Waals surface area contributed by atoms with Gasteiger partial charge < -0.3 is 5.11 Å². The van der Waals surface area contributed by atoms with Gasteiger partial charge in [0.1, 0.15) is 0 Å². The largest absolute Gasteiger partial charge is 0.481 e. The van der Waals surface area contributed by atoms with Gasteiger partial charge in [0.15, 0.2) is 0 Å². The Bertz CT molecular complexity index is 270. The summed E-state index contributed by atoms with van der Waals surface area (Å²) in [5.41, 5.74) is 0. The molecule has 13 heavy (non-hydrogen) atoms. The van der Waals surface area contributed by atoms with Gasteiger partial charge in [-0.3, -0.25) is 4.79 Å². The molecule has 2 N–H and O–H groups in total. The summed E-state index contributed by atoms with van der Waals surface area (Å²) in [7, 11) is -3.30. The van der Waals surface area contributed by atoms with Crippen LogP contribution >= 0.6 is 0 Å². The molecule has 0 radical (unpaired) electrons. The average molecular weight is 209 g/mol. The molecule has 5 nitrogen and oxygen atoms in total. The Labute approximate surface area is 78.2 Å². The number of carboxylic acids is 1. The molecule has 0 amide bonds. The van der Waals surface area contributed by atoms with Crippen LogP contribution in [0.3, 0.4) is 0 Å². The van der Waals surface area contributed by atoms with Crippen LogP contribution in [0.5, 0.6) is 0 Å². The lowest BCUT2D eigenvalue weighted by Crippen LogP contribution is -2.34. The summed E-state index contributed by atoms with van der Waals surface area (Å²) in [6.45, 7) is 3.43. The molecule has 0 fully saturated rings. The molecule has 1 unspecified atom stereocenters. The first-order chi connectivity index (χ1) is 5.74. The molecule has 0 aliphatic carbocycles. The first-order valence-corrected chi connectivity index (χ1v) is 5.80. The molecule has 0 heterocycles. The summed E-state index contributed by atoms with van der Waals surface area (Å²) in [6.07, 6.45) is 1.01. The maximum Gasteiger partial charge on any atom is 0.308 e. The van der Waals surface area contributed by atoms with Crippen molar-refractivity contribution in [2.24, 2.45) is 11.8 Å². The predicted molar refractivity (Wildman–Crippen MR) is 48.8 cm³/mol. The molecule has 0 rings (SSSR count). The molecule has 0 bridgehead atoms. The number of aliphatic carboxylic acids is 1. The van der Waals surface area contributed by atoms with Crippen LogP contribution in [0.1, 0.15) is 13.8 Å². The lowest BCUT2D eigenvalue weighted by atomic mass is 9.97. The number of sulfonamides is 1. The maximum absolute atomic E-state index is 10.7. The maximum atomic E-state index is 10.7. The first-order valence-electron chi connectivity index (χ1n) is 3.91. The molecule has 1 atom stereocenters. The molecule has 0 aliphatic rings. The molecule has 0 aromatic carbocycles. The molecule has 0 saturated heterocycles. The normalized spacial score (nSPS) is 14.5. The fraction of sp³-hybridized carbons (Fsp3) is 0.857. The van der Waals surface area contributed by atoms with Crippen molar-refractivity contribution in [3.63, 3.8) is 0 Å². The second-order valence-corrected chi connectivity index (χ2v) is 5.14. The van der Waals surface area contributed by atoms with Crippen molar-refractivity contribution in [3.05, 3.63) is 0 Å². The van der Waals surface area contributed by atoms with Crippen molar-refractivity contribution in [1.82, 2.24) is 4.72 Å². The van der Waals surface area contributed by atoms with E-state index in [4.69, 9.17) is 5.11 Å². The molecule has 0 aromatic rings. The minimum Gasteiger partial charge on any atom is -0.481 e. The summed E-state index contributed by atoms with van der Waals surface area (Å²) in [4.78, 5) is 10.6. The van der Waals surface area contributed by atoms with E-state index < -0.39 is 21.9 Å². The molecule has 0 spiro atoms. The number of nitrogens with one attached hydrogen (secondary N) is 1. The highest BCUT2D eigenvalue weighted by Crippen LogP contribution is 2.09. The van der Waals surface area contributed by atoms with E-state index in [2.05, 4.69) is 4.72 Å². The highest BCUT2D eigenvalue weighted by Gasteiger charge is 2.22. The van der Waals surface area contributed by atoms with Gasteiger partial charge in [0, 0.05) is 6.54 Å². The molecular weight excluding hydrogens is 194 g/mol. The number of rotatable bonds is 5. The summed E-state index contributed by atoms with van der Waals surface area (Å²) in [6, 6.07) is 0. The summed E-state index contributed by atoms with van der Waals surface area (Å²) < 4.78 is 23.5. The third-order valence-corrected chi connectivity index (χ3v) is 2.38. The van der Waals surface area contributed by atoms with E-state index in [0.717, 1.165) is 6.26 Å². The van der Waals surface area contributed by atoms with E-state index in [9.17, 15) is 13.2 Å². The van der Waals surface area contributed by atoms with Gasteiger partial charge in [-0.15, -0.1) is 0 Å². The van der Waals surface area contributed by atoms with Crippen molar-refractivity contribution >= 4 is 16.0 Å². The Kier molecular flexibility index (Phi) is 4.35. The SMILES string of the molecule is CC(C)C(CNS(C)(=O)=O)C(=O)O. The fourth-order valence-electron chi connectivity index (χ4n) is 0.849. The second kappa shape index (κ2) is 4.57. The smallest absolute Gasteiger partial charge is 0.308 e. The van der Waals surface area contributed by atoms with Crippen LogP contribution in [-0.4, -0.2) is 32.3 Å². The topological polar surface area (TPSA) is 83.5 Å². The van der Waals surface area contributed by atoms with Gasteiger partial charge >= 0.3 is 5.97 Å². The van der Waals surface area contributed by atoms with Crippen LogP contribution in [0.2, 0.25) is 0 Å². The molecule has 78 valence electrons. The van der Waals surface area contributed by atoms with Crippen molar-refractivity contribution in [3.8, 4) is 0 Å².